The van der Waals surface area contributed by atoms with Gasteiger partial charge in [0.15, 0.2) is 5.65 Å². The lowest BCUT2D eigenvalue weighted by Gasteiger charge is -2.08. The Morgan fingerprint density at radius 2 is 1.30 bits per heavy atom. The van der Waals surface area contributed by atoms with Crippen molar-refractivity contribution in [1.29, 1.82) is 0 Å². The lowest BCUT2D eigenvalue weighted by Crippen LogP contribution is -2.10. The van der Waals surface area contributed by atoms with Crippen LogP contribution < -0.4 is 22.1 Å². The van der Waals surface area contributed by atoms with Crippen LogP contribution in [0.3, 0.4) is 0 Å². The first-order valence-corrected chi connectivity index (χ1v) is 6.99. The summed E-state index contributed by atoms with van der Waals surface area (Å²) >= 11 is 0. The standard InChI is InChI=1S/C14H22N6/c15-7-1-9-17-12-5-3-11-4-6-13(18-10-2-8-16)20-14(11)19-12/h3-6H,1-2,7-10,15-16H2,(H2,17,18,19,20). The van der Waals surface area contributed by atoms with Crippen LogP contribution in [0.15, 0.2) is 24.3 Å². The second-order valence-electron chi connectivity index (χ2n) is 4.58. The van der Waals surface area contributed by atoms with Crippen LogP contribution in [0.1, 0.15) is 12.8 Å². The molecular formula is C14H22N6. The molecule has 2 aromatic heterocycles. The van der Waals surface area contributed by atoms with Crippen molar-refractivity contribution in [2.45, 2.75) is 12.8 Å². The van der Waals surface area contributed by atoms with Crippen molar-refractivity contribution in [1.82, 2.24) is 9.97 Å². The first kappa shape index (κ1) is 14.5. The Morgan fingerprint density at radius 3 is 1.75 bits per heavy atom. The van der Waals surface area contributed by atoms with Crippen molar-refractivity contribution in [2.75, 3.05) is 36.8 Å². The van der Waals surface area contributed by atoms with Gasteiger partial charge in [0.1, 0.15) is 11.6 Å². The molecule has 20 heavy (non-hydrogen) atoms. The van der Waals surface area contributed by atoms with Gasteiger partial charge in [0.2, 0.25) is 0 Å². The molecule has 0 radical (unpaired) electrons. The minimum absolute atomic E-state index is 0.675. The maximum Gasteiger partial charge on any atom is 0.163 e. The van der Waals surface area contributed by atoms with E-state index in [0.717, 1.165) is 48.6 Å². The Morgan fingerprint density at radius 1 is 0.800 bits per heavy atom. The molecule has 0 unspecified atom stereocenters. The number of hydrogen-bond acceptors (Lipinski definition) is 6. The van der Waals surface area contributed by atoms with Gasteiger partial charge in [-0.1, -0.05) is 0 Å². The predicted molar refractivity (Wildman–Crippen MR) is 83.9 cm³/mol. The van der Waals surface area contributed by atoms with Crippen LogP contribution >= 0.6 is 0 Å². The van der Waals surface area contributed by atoms with E-state index in [2.05, 4.69) is 20.6 Å². The monoisotopic (exact) mass is 274 g/mol. The highest BCUT2D eigenvalue weighted by molar-refractivity contribution is 5.78. The highest BCUT2D eigenvalue weighted by Gasteiger charge is 2.01. The molecule has 0 atom stereocenters. The third-order valence-corrected chi connectivity index (χ3v) is 2.93. The molecule has 2 rings (SSSR count). The van der Waals surface area contributed by atoms with E-state index in [1.54, 1.807) is 0 Å². The number of nitrogens with zero attached hydrogens (tertiary/aromatic N) is 2. The van der Waals surface area contributed by atoms with E-state index in [-0.39, 0.29) is 0 Å². The molecule has 6 heteroatoms. The summed E-state index contributed by atoms with van der Waals surface area (Å²) in [5.74, 6) is 1.66. The summed E-state index contributed by atoms with van der Waals surface area (Å²) in [6.45, 7) is 3.00. The molecule has 0 saturated heterocycles. The SMILES string of the molecule is NCCCNc1ccc2ccc(NCCCN)nc2n1. The maximum atomic E-state index is 5.47. The van der Waals surface area contributed by atoms with E-state index in [1.165, 1.54) is 0 Å². The topological polar surface area (TPSA) is 102 Å². The Labute approximate surface area is 119 Å². The molecule has 0 bridgehead atoms. The van der Waals surface area contributed by atoms with Crippen molar-refractivity contribution < 1.29 is 0 Å². The summed E-state index contributed by atoms with van der Waals surface area (Å²) in [5, 5.41) is 7.51. The van der Waals surface area contributed by atoms with E-state index in [9.17, 15) is 0 Å². The summed E-state index contributed by atoms with van der Waals surface area (Å²) in [7, 11) is 0. The summed E-state index contributed by atoms with van der Waals surface area (Å²) < 4.78 is 0. The number of nitrogens with one attached hydrogen (secondary N) is 2. The fourth-order valence-corrected chi connectivity index (χ4v) is 1.83. The van der Waals surface area contributed by atoms with Crippen LogP contribution in [-0.2, 0) is 0 Å². The van der Waals surface area contributed by atoms with Gasteiger partial charge in [0, 0.05) is 18.5 Å². The van der Waals surface area contributed by atoms with Crippen LogP contribution in [0.2, 0.25) is 0 Å². The van der Waals surface area contributed by atoms with Crippen LogP contribution in [0.5, 0.6) is 0 Å². The van der Waals surface area contributed by atoms with Crippen LogP contribution in [0, 0.1) is 0 Å². The van der Waals surface area contributed by atoms with Crippen molar-refractivity contribution in [3.63, 3.8) is 0 Å². The number of fused-ring (bicyclic) bond motifs is 1. The van der Waals surface area contributed by atoms with Gasteiger partial charge in [-0.05, 0) is 50.2 Å². The minimum atomic E-state index is 0.675. The van der Waals surface area contributed by atoms with Crippen LogP contribution in [0.25, 0.3) is 11.0 Å². The van der Waals surface area contributed by atoms with Crippen LogP contribution in [0.4, 0.5) is 11.6 Å². The fourth-order valence-electron chi connectivity index (χ4n) is 1.83. The van der Waals surface area contributed by atoms with Crippen LogP contribution in [-0.4, -0.2) is 36.1 Å². The number of pyridine rings is 2. The fraction of sp³-hybridized carbons (Fsp3) is 0.429. The van der Waals surface area contributed by atoms with E-state index < -0.39 is 0 Å². The number of hydrogen-bond donors (Lipinski definition) is 4. The lowest BCUT2D eigenvalue weighted by molar-refractivity contribution is 0.869. The van der Waals surface area contributed by atoms with Gasteiger partial charge in [0.05, 0.1) is 0 Å². The zero-order chi connectivity index (χ0) is 14.2. The van der Waals surface area contributed by atoms with Gasteiger partial charge in [0.25, 0.3) is 0 Å². The van der Waals surface area contributed by atoms with Crippen molar-refractivity contribution in [3.8, 4) is 0 Å². The zero-order valence-electron chi connectivity index (χ0n) is 11.6. The number of aromatic nitrogens is 2. The Kier molecular flexibility index (Phi) is 5.52. The molecule has 2 heterocycles. The third kappa shape index (κ3) is 4.04. The predicted octanol–water partition coefficient (Wildman–Crippen LogP) is 1.15. The Hall–Kier alpha value is -1.92. The number of rotatable bonds is 8. The molecule has 0 spiro atoms. The largest absolute Gasteiger partial charge is 0.370 e. The zero-order valence-corrected chi connectivity index (χ0v) is 11.6. The summed E-state index contributed by atoms with van der Waals surface area (Å²) in [6, 6.07) is 7.96. The summed E-state index contributed by atoms with van der Waals surface area (Å²) in [5.41, 5.74) is 11.7. The highest BCUT2D eigenvalue weighted by Crippen LogP contribution is 2.16. The maximum absolute atomic E-state index is 5.47. The molecule has 2 aromatic rings. The van der Waals surface area contributed by atoms with Crippen molar-refractivity contribution in [2.24, 2.45) is 11.5 Å². The summed E-state index contributed by atoms with van der Waals surface area (Å²) in [6.07, 6.45) is 1.85. The molecule has 6 N–H and O–H groups in total. The average Bonchev–Trinajstić information content (AvgIpc) is 2.47. The quantitative estimate of drug-likeness (QED) is 0.539. The van der Waals surface area contributed by atoms with Gasteiger partial charge in [-0.2, -0.15) is 0 Å². The van der Waals surface area contributed by atoms with Crippen molar-refractivity contribution >= 4 is 22.7 Å². The highest BCUT2D eigenvalue weighted by atomic mass is 15.0. The van der Waals surface area contributed by atoms with E-state index in [4.69, 9.17) is 11.5 Å². The second-order valence-corrected chi connectivity index (χ2v) is 4.58. The smallest absolute Gasteiger partial charge is 0.163 e. The molecule has 0 amide bonds. The van der Waals surface area contributed by atoms with E-state index in [0.29, 0.717) is 13.1 Å². The third-order valence-electron chi connectivity index (χ3n) is 2.93. The van der Waals surface area contributed by atoms with Gasteiger partial charge in [-0.25, -0.2) is 9.97 Å². The average molecular weight is 274 g/mol. The Bertz CT molecular complexity index is 497. The minimum Gasteiger partial charge on any atom is -0.370 e. The van der Waals surface area contributed by atoms with Gasteiger partial charge in [-0.3, -0.25) is 0 Å². The Balaban J connectivity index is 2.08. The first-order chi connectivity index (χ1) is 9.83. The summed E-state index contributed by atoms with van der Waals surface area (Å²) in [4.78, 5) is 9.02. The molecule has 0 aromatic carbocycles. The van der Waals surface area contributed by atoms with Gasteiger partial charge >= 0.3 is 0 Å². The number of anilines is 2. The normalized spacial score (nSPS) is 10.7. The molecule has 0 fully saturated rings. The van der Waals surface area contributed by atoms with Crippen molar-refractivity contribution in [3.05, 3.63) is 24.3 Å². The molecule has 6 nitrogen and oxygen atoms in total. The number of nitrogens with two attached hydrogens (primary N) is 2. The van der Waals surface area contributed by atoms with E-state index >= 15 is 0 Å². The first-order valence-electron chi connectivity index (χ1n) is 6.99. The van der Waals surface area contributed by atoms with Gasteiger partial charge in [-0.15, -0.1) is 0 Å². The molecule has 0 aliphatic heterocycles. The van der Waals surface area contributed by atoms with Gasteiger partial charge < -0.3 is 22.1 Å². The second kappa shape index (κ2) is 7.62. The molecular weight excluding hydrogens is 252 g/mol. The molecule has 108 valence electrons. The van der Waals surface area contributed by atoms with E-state index in [1.807, 2.05) is 24.3 Å². The molecule has 0 aliphatic rings. The lowest BCUT2D eigenvalue weighted by atomic mass is 10.3. The molecule has 0 aliphatic carbocycles. The molecule has 0 saturated carbocycles.